The Bertz CT molecular complexity index is 820. The number of hydrogen-bond acceptors (Lipinski definition) is 7. The average molecular weight is 396 g/mol. The Morgan fingerprint density at radius 1 is 1.33 bits per heavy atom. The van der Waals surface area contributed by atoms with Crippen LogP contribution in [0.2, 0.25) is 0 Å². The number of nitrogens with two attached hydrogens (primary N) is 1. The number of ether oxygens (including phenoxy) is 1. The first-order chi connectivity index (χ1) is 12.6. The first-order valence-corrected chi connectivity index (χ1v) is 10.6. The normalized spacial score (nSPS) is 14.6. The van der Waals surface area contributed by atoms with Crippen LogP contribution in [0.4, 0.5) is 5.82 Å². The highest BCUT2D eigenvalue weighted by molar-refractivity contribution is 7.42. The van der Waals surface area contributed by atoms with Gasteiger partial charge >= 0.3 is 0 Å². The molecule has 0 aliphatic heterocycles. The van der Waals surface area contributed by atoms with Crippen molar-refractivity contribution in [3.63, 3.8) is 0 Å². The van der Waals surface area contributed by atoms with E-state index in [0.717, 1.165) is 0 Å². The summed E-state index contributed by atoms with van der Waals surface area (Å²) >= 11 is 0. The lowest BCUT2D eigenvalue weighted by Gasteiger charge is -2.26. The molecule has 0 aliphatic rings. The lowest BCUT2D eigenvalue weighted by molar-refractivity contribution is -0.124. The van der Waals surface area contributed by atoms with E-state index in [2.05, 4.69) is 20.0 Å². The third-order valence-corrected chi connectivity index (χ3v) is 5.46. The predicted molar refractivity (Wildman–Crippen MR) is 106 cm³/mol. The highest BCUT2D eigenvalue weighted by atomic mass is 31.1. The maximum atomic E-state index is 12.4. The molecule has 2 rings (SSSR count). The van der Waals surface area contributed by atoms with Crippen molar-refractivity contribution in [2.45, 2.75) is 59.2 Å². The number of ketones is 1. The van der Waals surface area contributed by atoms with E-state index in [1.165, 1.54) is 6.33 Å². The number of aromatic nitrogens is 4. The predicted octanol–water partition coefficient (Wildman–Crippen LogP) is 2.23. The summed E-state index contributed by atoms with van der Waals surface area (Å²) in [6, 6.07) is 0. The maximum absolute atomic E-state index is 12.4. The summed E-state index contributed by atoms with van der Waals surface area (Å²) < 4.78 is 19.9. The minimum absolute atomic E-state index is 0.0473. The quantitative estimate of drug-likeness (QED) is 0.586. The summed E-state index contributed by atoms with van der Waals surface area (Å²) in [5.41, 5.74) is 6.12. The standard InChI is InChI=1S/C17H29N6O3P/c1-11(2)6-13(24)17(4,5)22-27(25)10-26-12(3)7-23-9-21-14-15(18)19-8-20-16(14)23/h8-9,11-12,27H,6-7,10H2,1-5H3,(H,22,25)(H2,18,19,20)/t12-/m1/s1. The van der Waals surface area contributed by atoms with Gasteiger partial charge in [-0.1, -0.05) is 13.8 Å². The molecular formula is C17H29N6O3P. The van der Waals surface area contributed by atoms with Crippen LogP contribution in [0.15, 0.2) is 12.7 Å². The molecule has 0 aromatic carbocycles. The highest BCUT2D eigenvalue weighted by Gasteiger charge is 2.29. The summed E-state index contributed by atoms with van der Waals surface area (Å²) in [6.45, 7) is 9.84. The second-order valence-electron chi connectivity index (χ2n) is 7.64. The smallest absolute Gasteiger partial charge is 0.165 e. The molecule has 150 valence electrons. The second kappa shape index (κ2) is 8.91. The molecule has 2 aromatic heterocycles. The van der Waals surface area contributed by atoms with E-state index in [0.29, 0.717) is 29.9 Å². The number of rotatable bonds is 10. The number of nitrogens with one attached hydrogen (secondary N) is 1. The van der Waals surface area contributed by atoms with Gasteiger partial charge in [0.25, 0.3) is 0 Å². The van der Waals surface area contributed by atoms with Crippen molar-refractivity contribution in [3.8, 4) is 0 Å². The third-order valence-electron chi connectivity index (χ3n) is 4.12. The molecule has 1 unspecified atom stereocenters. The number of nitrogens with zero attached hydrogens (tertiary/aromatic N) is 4. The number of fused-ring (bicyclic) bond motifs is 1. The van der Waals surface area contributed by atoms with Crippen molar-refractivity contribution in [3.05, 3.63) is 12.7 Å². The third kappa shape index (κ3) is 5.82. The van der Waals surface area contributed by atoms with E-state index >= 15 is 0 Å². The molecule has 0 spiro atoms. The van der Waals surface area contributed by atoms with E-state index in [1.807, 2.05) is 25.3 Å². The van der Waals surface area contributed by atoms with Crippen molar-refractivity contribution in [2.24, 2.45) is 5.92 Å². The van der Waals surface area contributed by atoms with Gasteiger partial charge in [0.05, 0.1) is 24.5 Å². The fraction of sp³-hybridized carbons (Fsp3) is 0.647. The van der Waals surface area contributed by atoms with Gasteiger partial charge in [-0.15, -0.1) is 0 Å². The molecule has 0 bridgehead atoms. The van der Waals surface area contributed by atoms with Gasteiger partial charge in [0.2, 0.25) is 0 Å². The molecule has 0 aliphatic carbocycles. The van der Waals surface area contributed by atoms with Gasteiger partial charge in [0, 0.05) is 6.42 Å². The van der Waals surface area contributed by atoms with Crippen molar-refractivity contribution >= 4 is 30.7 Å². The Morgan fingerprint density at radius 2 is 2.04 bits per heavy atom. The van der Waals surface area contributed by atoms with E-state index in [1.54, 1.807) is 20.2 Å². The average Bonchev–Trinajstić information content (AvgIpc) is 2.96. The number of nitrogen functional groups attached to an aromatic ring is 1. The van der Waals surface area contributed by atoms with Gasteiger partial charge in [-0.05, 0) is 26.7 Å². The molecule has 2 atom stereocenters. The number of hydrogen-bond donors (Lipinski definition) is 2. The number of Topliss-reactive ketones (excluding diaryl/α,β-unsaturated/α-hetero) is 1. The molecule has 0 fully saturated rings. The van der Waals surface area contributed by atoms with Gasteiger partial charge < -0.3 is 19.6 Å². The Hall–Kier alpha value is -1.83. The van der Waals surface area contributed by atoms with Gasteiger partial charge in [0.15, 0.2) is 25.2 Å². The Kier molecular flexibility index (Phi) is 7.08. The summed E-state index contributed by atoms with van der Waals surface area (Å²) in [4.78, 5) is 24.6. The largest absolute Gasteiger partial charge is 0.382 e. The van der Waals surface area contributed by atoms with Crippen LogP contribution in [0.5, 0.6) is 0 Å². The van der Waals surface area contributed by atoms with Crippen molar-refractivity contribution in [1.29, 1.82) is 0 Å². The first-order valence-electron chi connectivity index (χ1n) is 8.97. The molecule has 9 nitrogen and oxygen atoms in total. The van der Waals surface area contributed by atoms with Crippen molar-refractivity contribution < 1.29 is 14.1 Å². The lowest BCUT2D eigenvalue weighted by atomic mass is 9.93. The Balaban J connectivity index is 1.87. The van der Waals surface area contributed by atoms with Crippen LogP contribution in [0.3, 0.4) is 0 Å². The SMILES string of the molecule is CC(C)CC(=O)C(C)(C)N[PH](=O)CO[C@H](C)Cn1cnc2c(N)ncnc21. The van der Waals surface area contributed by atoms with E-state index in [9.17, 15) is 9.36 Å². The molecule has 27 heavy (non-hydrogen) atoms. The van der Waals surface area contributed by atoms with Crippen molar-refractivity contribution in [1.82, 2.24) is 24.6 Å². The summed E-state index contributed by atoms with van der Waals surface area (Å²) in [5.74, 6) is 0.640. The molecule has 0 radical (unpaired) electrons. The fourth-order valence-corrected chi connectivity index (χ4v) is 4.00. The first kappa shape index (κ1) is 21.5. The van der Waals surface area contributed by atoms with Crippen LogP contribution in [0, 0.1) is 5.92 Å². The van der Waals surface area contributed by atoms with Gasteiger partial charge in [-0.2, -0.15) is 0 Å². The van der Waals surface area contributed by atoms with Crippen LogP contribution < -0.4 is 10.8 Å². The Morgan fingerprint density at radius 3 is 2.70 bits per heavy atom. The van der Waals surface area contributed by atoms with Crippen LogP contribution in [-0.2, 0) is 20.6 Å². The topological polar surface area (TPSA) is 125 Å². The molecule has 0 amide bonds. The molecule has 0 saturated carbocycles. The highest BCUT2D eigenvalue weighted by Crippen LogP contribution is 2.24. The fourth-order valence-electron chi connectivity index (χ4n) is 2.66. The van der Waals surface area contributed by atoms with Gasteiger partial charge in [-0.25, -0.2) is 15.0 Å². The van der Waals surface area contributed by atoms with E-state index < -0.39 is 13.5 Å². The molecular weight excluding hydrogens is 367 g/mol. The monoisotopic (exact) mass is 396 g/mol. The van der Waals surface area contributed by atoms with Crippen LogP contribution in [0.25, 0.3) is 11.2 Å². The molecule has 3 N–H and O–H groups in total. The van der Waals surface area contributed by atoms with Crippen molar-refractivity contribution in [2.75, 3.05) is 12.1 Å². The van der Waals surface area contributed by atoms with Crippen LogP contribution in [0.1, 0.15) is 41.0 Å². The van der Waals surface area contributed by atoms with E-state index in [-0.39, 0.29) is 24.2 Å². The molecule has 0 saturated heterocycles. The Labute approximate surface area is 159 Å². The summed E-state index contributed by atoms with van der Waals surface area (Å²) in [7, 11) is -2.26. The molecule has 2 aromatic rings. The number of imidazole rings is 1. The zero-order valence-electron chi connectivity index (χ0n) is 16.5. The summed E-state index contributed by atoms with van der Waals surface area (Å²) in [5, 5.41) is 2.93. The number of carbonyl (C=O) groups excluding carboxylic acids is 1. The van der Waals surface area contributed by atoms with Crippen LogP contribution >= 0.6 is 7.95 Å². The second-order valence-corrected chi connectivity index (χ2v) is 9.03. The van der Waals surface area contributed by atoms with Crippen LogP contribution in [-0.4, -0.2) is 43.3 Å². The van der Waals surface area contributed by atoms with Gasteiger partial charge in [-0.3, -0.25) is 9.88 Å². The summed E-state index contributed by atoms with van der Waals surface area (Å²) in [6.07, 6.45) is 3.30. The number of carbonyl (C=O) groups is 1. The minimum atomic E-state index is -2.26. The maximum Gasteiger partial charge on any atom is 0.165 e. The zero-order valence-corrected chi connectivity index (χ0v) is 17.5. The lowest BCUT2D eigenvalue weighted by Crippen LogP contribution is -2.43. The number of anilines is 1. The van der Waals surface area contributed by atoms with Gasteiger partial charge in [0.1, 0.15) is 18.2 Å². The minimum Gasteiger partial charge on any atom is -0.382 e. The zero-order chi connectivity index (χ0) is 20.2. The molecule has 10 heteroatoms. The van der Waals surface area contributed by atoms with E-state index in [4.69, 9.17) is 10.5 Å². The molecule has 2 heterocycles.